The Balaban J connectivity index is 1.64. The predicted octanol–water partition coefficient (Wildman–Crippen LogP) is 5.03. The molecule has 0 aliphatic heterocycles. The van der Waals surface area contributed by atoms with Gasteiger partial charge in [-0.3, -0.25) is 4.79 Å². The number of nitrogens with zero attached hydrogens (tertiary/aromatic N) is 2. The first-order valence-corrected chi connectivity index (χ1v) is 10.8. The molecule has 2 aromatic heterocycles. The van der Waals surface area contributed by atoms with Crippen molar-refractivity contribution in [1.29, 1.82) is 0 Å². The molecule has 6 nitrogen and oxygen atoms in total. The van der Waals surface area contributed by atoms with Gasteiger partial charge in [0.25, 0.3) is 5.56 Å². The van der Waals surface area contributed by atoms with Crippen LogP contribution < -0.4 is 21.3 Å². The van der Waals surface area contributed by atoms with E-state index >= 15 is 0 Å². The van der Waals surface area contributed by atoms with Gasteiger partial charge in [-0.1, -0.05) is 18.2 Å². The van der Waals surface area contributed by atoms with Gasteiger partial charge in [0.05, 0.1) is 18.3 Å². The maximum atomic E-state index is 13.6. The summed E-state index contributed by atoms with van der Waals surface area (Å²) in [6, 6.07) is 15.9. The molecule has 0 fully saturated rings. The van der Waals surface area contributed by atoms with Crippen LogP contribution in [0.4, 0.5) is 15.9 Å². The number of nitrogens with two attached hydrogens (primary N) is 1. The summed E-state index contributed by atoms with van der Waals surface area (Å²) >= 11 is 0. The number of nitrogens with one attached hydrogen (secondary N) is 1. The Morgan fingerprint density at radius 3 is 2.55 bits per heavy atom. The number of fused-ring (bicyclic) bond motifs is 1. The molecule has 4 aromatic rings. The lowest BCUT2D eigenvalue weighted by atomic mass is 10.0. The molecule has 0 bridgehead atoms. The number of hydrogen-bond donors (Lipinski definition) is 2. The van der Waals surface area contributed by atoms with Crippen LogP contribution in [0.25, 0.3) is 22.0 Å². The van der Waals surface area contributed by atoms with Crippen molar-refractivity contribution in [3.63, 3.8) is 0 Å². The first-order chi connectivity index (χ1) is 15.9. The molecule has 7 heteroatoms. The van der Waals surface area contributed by atoms with Crippen molar-refractivity contribution in [3.8, 4) is 16.9 Å². The summed E-state index contributed by atoms with van der Waals surface area (Å²) in [4.78, 5) is 17.9. The second-order valence-electron chi connectivity index (χ2n) is 8.22. The number of rotatable bonds is 7. The van der Waals surface area contributed by atoms with Gasteiger partial charge in [0.15, 0.2) is 0 Å². The van der Waals surface area contributed by atoms with Crippen LogP contribution in [0.5, 0.6) is 5.75 Å². The third-order valence-corrected chi connectivity index (χ3v) is 5.62. The number of methoxy groups -OCH3 is 1. The van der Waals surface area contributed by atoms with Gasteiger partial charge in [0, 0.05) is 35.8 Å². The van der Waals surface area contributed by atoms with Crippen molar-refractivity contribution >= 4 is 22.4 Å². The largest absolute Gasteiger partial charge is 0.497 e. The number of anilines is 2. The van der Waals surface area contributed by atoms with Gasteiger partial charge in [0.1, 0.15) is 17.4 Å². The summed E-state index contributed by atoms with van der Waals surface area (Å²) in [6.45, 7) is 4.62. The number of aromatic nitrogens is 2. The van der Waals surface area contributed by atoms with Gasteiger partial charge < -0.3 is 20.4 Å². The number of pyridine rings is 2. The summed E-state index contributed by atoms with van der Waals surface area (Å²) in [5.41, 5.74) is 8.61. The van der Waals surface area contributed by atoms with Crippen molar-refractivity contribution in [1.82, 2.24) is 9.55 Å². The highest BCUT2D eigenvalue weighted by Crippen LogP contribution is 2.26. The Morgan fingerprint density at radius 2 is 1.88 bits per heavy atom. The summed E-state index contributed by atoms with van der Waals surface area (Å²) < 4.78 is 20.6. The van der Waals surface area contributed by atoms with Gasteiger partial charge in [-0.2, -0.15) is 0 Å². The van der Waals surface area contributed by atoms with Crippen LogP contribution >= 0.6 is 0 Å². The van der Waals surface area contributed by atoms with Gasteiger partial charge in [0.2, 0.25) is 0 Å². The molecular formula is C26H27FN4O2. The van der Waals surface area contributed by atoms with E-state index in [9.17, 15) is 9.18 Å². The fraction of sp³-hybridized carbons (Fsp3) is 0.231. The zero-order chi connectivity index (χ0) is 23.5. The molecule has 0 spiro atoms. The molecule has 4 rings (SSSR count). The molecule has 0 radical (unpaired) electrons. The van der Waals surface area contributed by atoms with Crippen molar-refractivity contribution in [2.45, 2.75) is 26.3 Å². The van der Waals surface area contributed by atoms with Gasteiger partial charge in [-0.15, -0.1) is 0 Å². The molecule has 0 amide bonds. The number of benzene rings is 2. The standard InChI is InChI=1S/C26H27FN4O2/c1-16(2)31-24-14-25(29-11-10-17-4-7-20(33-3)8-5-17)30-15-19(24)12-21(26(31)32)18-6-9-22(27)23(28)13-18/h4-9,12-16H,10-11,28H2,1-3H3,(H,29,30). The zero-order valence-electron chi connectivity index (χ0n) is 18.9. The average Bonchev–Trinajstić information content (AvgIpc) is 2.80. The van der Waals surface area contributed by atoms with Gasteiger partial charge in [-0.05, 0) is 61.7 Å². The third-order valence-electron chi connectivity index (χ3n) is 5.62. The predicted molar refractivity (Wildman–Crippen MR) is 131 cm³/mol. The van der Waals surface area contributed by atoms with Crippen LogP contribution in [-0.4, -0.2) is 23.2 Å². The minimum absolute atomic E-state index is 0.0117. The van der Waals surface area contributed by atoms with Crippen LogP contribution in [0.3, 0.4) is 0 Å². The second kappa shape index (κ2) is 9.32. The third kappa shape index (κ3) is 4.67. The maximum absolute atomic E-state index is 13.6. The molecule has 33 heavy (non-hydrogen) atoms. The van der Waals surface area contributed by atoms with Crippen LogP contribution in [-0.2, 0) is 6.42 Å². The van der Waals surface area contributed by atoms with Crippen LogP contribution in [0.1, 0.15) is 25.5 Å². The quantitative estimate of drug-likeness (QED) is 0.389. The van der Waals surface area contributed by atoms with Crippen molar-refractivity contribution in [2.75, 3.05) is 24.7 Å². The summed E-state index contributed by atoms with van der Waals surface area (Å²) in [5.74, 6) is 1.02. The van der Waals surface area contributed by atoms with E-state index < -0.39 is 5.82 Å². The average molecular weight is 447 g/mol. The van der Waals surface area contributed by atoms with Crippen LogP contribution in [0.15, 0.2) is 65.6 Å². The van der Waals surface area contributed by atoms with E-state index in [0.29, 0.717) is 23.5 Å². The van der Waals surface area contributed by atoms with E-state index in [1.807, 2.05) is 44.2 Å². The number of halogens is 1. The normalized spacial score (nSPS) is 11.2. The van der Waals surface area contributed by atoms with Crippen LogP contribution in [0.2, 0.25) is 0 Å². The summed E-state index contributed by atoms with van der Waals surface area (Å²) in [5, 5.41) is 4.16. The summed E-state index contributed by atoms with van der Waals surface area (Å²) in [6.07, 6.45) is 2.57. The Morgan fingerprint density at radius 1 is 1.12 bits per heavy atom. The topological polar surface area (TPSA) is 82.2 Å². The van der Waals surface area contributed by atoms with Gasteiger partial charge in [-0.25, -0.2) is 9.37 Å². The van der Waals surface area contributed by atoms with E-state index in [1.54, 1.807) is 30.0 Å². The molecule has 0 atom stereocenters. The van der Waals surface area contributed by atoms with E-state index in [1.165, 1.54) is 17.7 Å². The Labute approximate surface area is 191 Å². The molecule has 2 aromatic carbocycles. The first-order valence-electron chi connectivity index (χ1n) is 10.8. The Bertz CT molecular complexity index is 1350. The fourth-order valence-electron chi connectivity index (χ4n) is 3.89. The van der Waals surface area contributed by atoms with E-state index in [0.717, 1.165) is 23.1 Å². The highest BCUT2D eigenvalue weighted by atomic mass is 19.1. The molecule has 3 N–H and O–H groups in total. The SMILES string of the molecule is COc1ccc(CCNc2cc3c(cn2)cc(-c2ccc(F)c(N)c2)c(=O)n3C(C)C)cc1. The second-order valence-corrected chi connectivity index (χ2v) is 8.22. The van der Waals surface area contributed by atoms with Gasteiger partial charge >= 0.3 is 0 Å². The van der Waals surface area contributed by atoms with Crippen molar-refractivity contribution < 1.29 is 9.13 Å². The molecule has 0 aliphatic rings. The number of nitrogen functional groups attached to an aromatic ring is 1. The van der Waals surface area contributed by atoms with Crippen LogP contribution in [0, 0.1) is 5.82 Å². The maximum Gasteiger partial charge on any atom is 0.259 e. The van der Waals surface area contributed by atoms with Crippen molar-refractivity contribution in [3.05, 3.63) is 82.5 Å². The van der Waals surface area contributed by atoms with E-state index in [4.69, 9.17) is 10.5 Å². The molecule has 2 heterocycles. The highest BCUT2D eigenvalue weighted by molar-refractivity contribution is 5.85. The number of ether oxygens (including phenoxy) is 1. The molecule has 0 aliphatic carbocycles. The lowest BCUT2D eigenvalue weighted by molar-refractivity contribution is 0.414. The smallest absolute Gasteiger partial charge is 0.259 e. The lowest BCUT2D eigenvalue weighted by Crippen LogP contribution is -2.24. The fourth-order valence-corrected chi connectivity index (χ4v) is 3.89. The minimum atomic E-state index is -0.504. The first kappa shape index (κ1) is 22.3. The zero-order valence-corrected chi connectivity index (χ0v) is 18.9. The van der Waals surface area contributed by atoms with Crippen molar-refractivity contribution in [2.24, 2.45) is 0 Å². The minimum Gasteiger partial charge on any atom is -0.497 e. The van der Waals surface area contributed by atoms with E-state index in [-0.39, 0.29) is 17.3 Å². The molecule has 0 unspecified atom stereocenters. The summed E-state index contributed by atoms with van der Waals surface area (Å²) in [7, 11) is 1.65. The molecule has 0 saturated carbocycles. The molecule has 0 saturated heterocycles. The monoisotopic (exact) mass is 446 g/mol. The van der Waals surface area contributed by atoms with E-state index in [2.05, 4.69) is 10.3 Å². The highest BCUT2D eigenvalue weighted by Gasteiger charge is 2.15. The Hall–Kier alpha value is -3.87. The molecular weight excluding hydrogens is 419 g/mol. The number of hydrogen-bond acceptors (Lipinski definition) is 5. The lowest BCUT2D eigenvalue weighted by Gasteiger charge is -2.17. The molecule has 170 valence electrons. The Kier molecular flexibility index (Phi) is 6.31.